The Morgan fingerprint density at radius 3 is 1.97 bits per heavy atom. The quantitative estimate of drug-likeness (QED) is 0.0969. The number of hydrogen-bond donors (Lipinski definition) is 1. The fourth-order valence-corrected chi connectivity index (χ4v) is 3.27. The monoisotopic (exact) mass is 505 g/mol. The van der Waals surface area contributed by atoms with Gasteiger partial charge in [0.25, 0.3) is 10.1 Å². The summed E-state index contributed by atoms with van der Waals surface area (Å²) in [6.45, 7) is 6.73. The Balaban J connectivity index is -0.00000113. The first-order valence-corrected chi connectivity index (χ1v) is 11.0. The Morgan fingerprint density at radius 1 is 1.07 bits per heavy atom. The molecule has 0 rings (SSSR count). The van der Waals surface area contributed by atoms with Crippen LogP contribution in [0.3, 0.4) is 0 Å². The van der Waals surface area contributed by atoms with Crippen LogP contribution in [-0.2, 0) is 52.5 Å². The molecule has 11 nitrogen and oxygen atoms in total. The van der Waals surface area contributed by atoms with Gasteiger partial charge in [-0.2, -0.15) is 21.9 Å². The van der Waals surface area contributed by atoms with Gasteiger partial charge < -0.3 is 28.5 Å². The van der Waals surface area contributed by atoms with Gasteiger partial charge in [-0.1, -0.05) is 50.6 Å². The van der Waals surface area contributed by atoms with E-state index in [0.29, 0.717) is 0 Å². The van der Waals surface area contributed by atoms with Gasteiger partial charge in [0.2, 0.25) is 6.29 Å². The van der Waals surface area contributed by atoms with Gasteiger partial charge in [-0.15, -0.1) is 0 Å². The number of carbonyl (C=O) groups excluding carboxylic acids is 2. The van der Waals surface area contributed by atoms with E-state index in [-0.39, 0.29) is 60.7 Å². The molecular weight excluding hydrogens is 475 g/mol. The molecule has 2 atom stereocenters. The summed E-state index contributed by atoms with van der Waals surface area (Å²) in [6, 6.07) is 0. The molecule has 2 N–H and O–H groups in total. The molecule has 176 valence electrons. The maximum absolute atomic E-state index is 12.0. The van der Waals surface area contributed by atoms with E-state index < -0.39 is 68.8 Å². The molecule has 0 aromatic carbocycles. The zero-order chi connectivity index (χ0) is 21.4. The van der Waals surface area contributed by atoms with Gasteiger partial charge in [-0.25, -0.2) is 4.79 Å². The fourth-order valence-electron chi connectivity index (χ4n) is 1.60. The summed E-state index contributed by atoms with van der Waals surface area (Å²) < 4.78 is 58.7. The van der Waals surface area contributed by atoms with Crippen LogP contribution in [0.5, 0.6) is 0 Å². The van der Waals surface area contributed by atoms with E-state index in [1.165, 1.54) is 20.8 Å². The second-order valence-corrected chi connectivity index (χ2v) is 9.65. The largest absolute Gasteiger partial charge is 1.00 e. The van der Waals surface area contributed by atoms with Crippen LogP contribution < -0.4 is 29.6 Å². The van der Waals surface area contributed by atoms with Crippen LogP contribution in [-0.4, -0.2) is 61.4 Å². The van der Waals surface area contributed by atoms with Crippen LogP contribution >= 0.6 is 13.5 Å². The fraction of sp³-hybridized carbons (Fsp3) is 0.867. The van der Waals surface area contributed by atoms with Crippen molar-refractivity contribution in [3.8, 4) is 0 Å². The maximum Gasteiger partial charge on any atom is 1.00 e. The number of esters is 2. The summed E-state index contributed by atoms with van der Waals surface area (Å²) in [6.07, 6.45) is -3.11. The first-order chi connectivity index (χ1) is 12.2. The van der Waals surface area contributed by atoms with Crippen LogP contribution in [0.1, 0.15) is 41.0 Å². The van der Waals surface area contributed by atoms with Gasteiger partial charge in [-0.05, 0) is 0 Å². The molecular formula is C15H30NaO11S3-. The Hall–Kier alpha value is 0.0700. The molecule has 30 heavy (non-hydrogen) atoms. The van der Waals surface area contributed by atoms with Crippen molar-refractivity contribution >= 4 is 46.3 Å². The normalized spacial score (nSPS) is 13.3. The van der Waals surface area contributed by atoms with Crippen molar-refractivity contribution in [2.24, 2.45) is 11.3 Å². The summed E-state index contributed by atoms with van der Waals surface area (Å²) >= 11 is 0. The van der Waals surface area contributed by atoms with Crippen molar-refractivity contribution in [2.75, 3.05) is 18.1 Å². The molecule has 0 fully saturated rings. The summed E-state index contributed by atoms with van der Waals surface area (Å²) in [4.78, 5) is 23.4. The van der Waals surface area contributed by atoms with Crippen molar-refractivity contribution in [3.63, 3.8) is 0 Å². The minimum Gasteiger partial charge on any atom is -0.870 e. The first-order valence-electron chi connectivity index (χ1n) is 8.20. The molecule has 0 spiro atoms. The molecule has 0 heterocycles. The second kappa shape index (κ2) is 16.7. The Labute approximate surface area is 208 Å². The molecule has 0 aliphatic heterocycles. The predicted octanol–water partition coefficient (Wildman–Crippen LogP) is -2.55. The van der Waals surface area contributed by atoms with Gasteiger partial charge in [0.05, 0.1) is 18.3 Å². The number of rotatable bonds is 12. The molecule has 0 saturated carbocycles. The van der Waals surface area contributed by atoms with Crippen LogP contribution in [0.4, 0.5) is 0 Å². The van der Waals surface area contributed by atoms with Crippen molar-refractivity contribution in [1.29, 1.82) is 0 Å². The molecule has 0 aliphatic carbocycles. The molecule has 1 unspecified atom stereocenters. The second-order valence-electron chi connectivity index (χ2n) is 6.87. The van der Waals surface area contributed by atoms with E-state index in [2.05, 4.69) is 0 Å². The molecule has 0 saturated heterocycles. The van der Waals surface area contributed by atoms with Crippen molar-refractivity contribution in [2.45, 2.75) is 53.4 Å². The topological polar surface area (TPSA) is 180 Å². The predicted molar refractivity (Wildman–Crippen MR) is 107 cm³/mol. The standard InChI is InChI=1S/C15H27O10S2.Na.H2O.H2S/c1-10(2)13(17)24-11(3)25-14(18)12(16)15(4,5)9-23-27(21,22)8-6-7-26(19)20;;;/h10-12,16H,6-9H2,1-5H3;;2*1H2/q-1;+1;;/p-1/t11?,12-;;;/m1.../s1. The average Bonchev–Trinajstić information content (AvgIpc) is 2.51. The third-order valence-corrected chi connectivity index (χ3v) is 5.20. The van der Waals surface area contributed by atoms with Gasteiger partial charge >= 0.3 is 41.5 Å². The molecule has 15 heteroatoms. The third-order valence-electron chi connectivity index (χ3n) is 3.31. The van der Waals surface area contributed by atoms with E-state index in [4.69, 9.17) is 13.7 Å². The van der Waals surface area contributed by atoms with Crippen LogP contribution in [0.25, 0.3) is 0 Å². The summed E-state index contributed by atoms with van der Waals surface area (Å²) in [7, 11) is -6.38. The van der Waals surface area contributed by atoms with E-state index in [1.54, 1.807) is 13.8 Å². The molecule has 0 aromatic heterocycles. The summed E-state index contributed by atoms with van der Waals surface area (Å²) in [5.41, 5.74) is -1.34. The average molecular weight is 506 g/mol. The summed E-state index contributed by atoms with van der Waals surface area (Å²) in [5.74, 6) is -2.96. The van der Waals surface area contributed by atoms with E-state index >= 15 is 0 Å². The van der Waals surface area contributed by atoms with Gasteiger partial charge in [0.1, 0.15) is 0 Å². The van der Waals surface area contributed by atoms with Gasteiger partial charge in [0, 0.05) is 12.3 Å². The minimum atomic E-state index is -4.02. The number of ether oxygens (including phenoxy) is 2. The Kier molecular flexibility index (Phi) is 20.8. The maximum atomic E-state index is 12.0. The van der Waals surface area contributed by atoms with E-state index in [1.807, 2.05) is 0 Å². The molecule has 0 radical (unpaired) electrons. The number of hydrogen-bond acceptors (Lipinski definition) is 12. The Morgan fingerprint density at radius 2 is 1.53 bits per heavy atom. The molecule has 0 aromatic rings. The summed E-state index contributed by atoms with van der Waals surface area (Å²) in [5, 5.41) is 10.1. The van der Waals surface area contributed by atoms with Crippen molar-refractivity contribution in [1.82, 2.24) is 0 Å². The van der Waals surface area contributed by atoms with Gasteiger partial charge in [-0.3, -0.25) is 8.98 Å². The van der Waals surface area contributed by atoms with E-state index in [0.717, 1.165) is 0 Å². The van der Waals surface area contributed by atoms with Crippen LogP contribution in [0.15, 0.2) is 0 Å². The number of aliphatic hydroxyl groups is 1. The smallest absolute Gasteiger partial charge is 0.870 e. The molecule has 0 amide bonds. The number of aliphatic hydroxyl groups excluding tert-OH is 1. The van der Waals surface area contributed by atoms with Crippen molar-refractivity contribution < 1.29 is 80.2 Å². The van der Waals surface area contributed by atoms with Crippen molar-refractivity contribution in [3.05, 3.63) is 0 Å². The van der Waals surface area contributed by atoms with Gasteiger partial charge in [0.15, 0.2) is 6.10 Å². The SMILES string of the molecule is CC(OC(=O)C(C)C)OC(=O)[C@@H](O)C(C)(C)COS(=O)(=O)CCC[S-](=O)=O.S.[Na+].[OH-]. The zero-order valence-electron chi connectivity index (χ0n) is 17.9. The third kappa shape index (κ3) is 15.8. The van der Waals surface area contributed by atoms with E-state index in [9.17, 15) is 31.5 Å². The first kappa shape index (κ1) is 37.4. The molecule has 0 aliphatic rings. The zero-order valence-corrected chi connectivity index (χ0v) is 22.6. The molecule has 0 bridgehead atoms. The van der Waals surface area contributed by atoms with Crippen LogP contribution in [0, 0.1) is 11.3 Å². The van der Waals surface area contributed by atoms with Crippen LogP contribution in [0.2, 0.25) is 0 Å². The minimum absolute atomic E-state index is 0. The Bertz CT molecular complexity index is 682. The number of carbonyl (C=O) groups is 2.